The van der Waals surface area contributed by atoms with Crippen LogP contribution in [0.3, 0.4) is 0 Å². The monoisotopic (exact) mass is 541 g/mol. The van der Waals surface area contributed by atoms with Crippen molar-refractivity contribution in [3.63, 3.8) is 0 Å². The molecule has 0 atom stereocenters. The molecule has 0 spiro atoms. The summed E-state index contributed by atoms with van der Waals surface area (Å²) in [6, 6.07) is 10.8. The smallest absolute Gasteiger partial charge is 0.421 e. The summed E-state index contributed by atoms with van der Waals surface area (Å²) in [7, 11) is 0. The van der Waals surface area contributed by atoms with E-state index >= 15 is 0 Å². The van der Waals surface area contributed by atoms with Gasteiger partial charge in [0, 0.05) is 41.5 Å². The molecule has 0 amide bonds. The second-order valence-corrected chi connectivity index (χ2v) is 8.82. The van der Waals surface area contributed by atoms with E-state index in [-0.39, 0.29) is 13.2 Å². The van der Waals surface area contributed by atoms with Crippen molar-refractivity contribution in [2.24, 2.45) is 5.10 Å². The molecule has 196 valence electrons. The highest BCUT2D eigenvalue weighted by Gasteiger charge is 2.34. The average molecular weight is 542 g/mol. The van der Waals surface area contributed by atoms with Gasteiger partial charge in [-0.3, -0.25) is 9.78 Å². The maximum absolute atomic E-state index is 13.3. The number of nitrogens with zero attached hydrogens (tertiary/aromatic N) is 5. The van der Waals surface area contributed by atoms with Gasteiger partial charge in [0.15, 0.2) is 0 Å². The molecule has 3 aromatic heterocycles. The van der Waals surface area contributed by atoms with E-state index in [4.69, 9.17) is 16.3 Å². The molecule has 4 aromatic rings. The van der Waals surface area contributed by atoms with Crippen molar-refractivity contribution in [3.8, 4) is 5.75 Å². The summed E-state index contributed by atoms with van der Waals surface area (Å²) in [4.78, 5) is 21.6. The van der Waals surface area contributed by atoms with E-state index in [1.165, 1.54) is 23.5 Å². The van der Waals surface area contributed by atoms with Crippen LogP contribution in [0, 0.1) is 13.8 Å². The molecule has 11 heteroatoms. The number of alkyl halides is 3. The fraction of sp³-hybridized carbons (Fsp3) is 0.185. The topological polar surface area (TPSA) is 72.6 Å². The molecule has 0 aliphatic carbocycles. The Morgan fingerprint density at radius 1 is 1.16 bits per heavy atom. The fourth-order valence-electron chi connectivity index (χ4n) is 4.06. The quantitative estimate of drug-likeness (QED) is 0.194. The molecule has 7 nitrogen and oxygen atoms in total. The standard InChI is InChI=1S/C27H23ClF3N5O2/c1-5-36(32-4)23-13-17(3)34-25-18(23)8-6-10-24(25)38-15-19-21(28)12-16(2)33-22(19)14-35-11-7-9-20(26(35)37)27(29,30)31/h5-13H,1,4,14-15H2,2-3H3. The summed E-state index contributed by atoms with van der Waals surface area (Å²) in [6.07, 6.45) is -1.98. The number of hydrogen-bond acceptors (Lipinski definition) is 6. The SMILES string of the molecule is C=CN(N=C)c1cc(C)nc2c(OCc3c(Cl)cc(C)nc3Cn3cccc(C(F)(F)F)c3=O)cccc12. The highest BCUT2D eigenvalue weighted by Crippen LogP contribution is 2.34. The Labute approximate surface area is 221 Å². The van der Waals surface area contributed by atoms with E-state index in [1.807, 2.05) is 19.1 Å². The van der Waals surface area contributed by atoms with Crippen molar-refractivity contribution in [2.75, 3.05) is 5.01 Å². The molecule has 3 heterocycles. The maximum Gasteiger partial charge on any atom is 0.421 e. The molecule has 0 bridgehead atoms. The first-order valence-electron chi connectivity index (χ1n) is 11.4. The van der Waals surface area contributed by atoms with Gasteiger partial charge in [-0.2, -0.15) is 18.3 Å². The number of pyridine rings is 3. The van der Waals surface area contributed by atoms with Crippen LogP contribution in [0.4, 0.5) is 18.9 Å². The number of hydrogen-bond donors (Lipinski definition) is 0. The van der Waals surface area contributed by atoms with Gasteiger partial charge >= 0.3 is 6.18 Å². The van der Waals surface area contributed by atoms with Crippen LogP contribution in [0.15, 0.2) is 71.3 Å². The van der Waals surface area contributed by atoms with Gasteiger partial charge in [0.05, 0.1) is 22.9 Å². The van der Waals surface area contributed by atoms with E-state index < -0.39 is 17.3 Å². The zero-order chi connectivity index (χ0) is 27.6. The Bertz CT molecular complexity index is 1590. The zero-order valence-electron chi connectivity index (χ0n) is 20.6. The summed E-state index contributed by atoms with van der Waals surface area (Å²) < 4.78 is 46.9. The number of ether oxygens (including phenoxy) is 1. The minimum atomic E-state index is -4.77. The van der Waals surface area contributed by atoms with Crippen LogP contribution in [0.5, 0.6) is 5.75 Å². The highest BCUT2D eigenvalue weighted by atomic mass is 35.5. The Hall–Kier alpha value is -4.18. The summed E-state index contributed by atoms with van der Waals surface area (Å²) in [5, 5.41) is 6.54. The summed E-state index contributed by atoms with van der Waals surface area (Å²) >= 11 is 6.52. The Morgan fingerprint density at radius 3 is 2.58 bits per heavy atom. The molecule has 4 rings (SSSR count). The molecule has 38 heavy (non-hydrogen) atoms. The molecule has 0 N–H and O–H groups in total. The van der Waals surface area contributed by atoms with Crippen LogP contribution < -0.4 is 15.3 Å². The predicted octanol–water partition coefficient (Wildman–Crippen LogP) is 6.27. The largest absolute Gasteiger partial charge is 0.486 e. The first-order chi connectivity index (χ1) is 18.0. The Kier molecular flexibility index (Phi) is 7.54. The predicted molar refractivity (Wildman–Crippen MR) is 142 cm³/mol. The van der Waals surface area contributed by atoms with Crippen LogP contribution in [0.1, 0.15) is 28.2 Å². The molecule has 0 aliphatic rings. The number of aromatic nitrogens is 3. The van der Waals surface area contributed by atoms with Gasteiger partial charge < -0.3 is 9.30 Å². The minimum Gasteiger partial charge on any atom is -0.486 e. The van der Waals surface area contributed by atoms with Crippen LogP contribution >= 0.6 is 11.6 Å². The first-order valence-corrected chi connectivity index (χ1v) is 11.7. The van der Waals surface area contributed by atoms with Gasteiger partial charge in [-0.1, -0.05) is 30.3 Å². The number of rotatable bonds is 8. The van der Waals surface area contributed by atoms with Crippen LogP contribution in [-0.2, 0) is 19.3 Å². The summed E-state index contributed by atoms with van der Waals surface area (Å²) in [6.45, 7) is 10.6. The van der Waals surface area contributed by atoms with E-state index in [0.29, 0.717) is 44.6 Å². The first kappa shape index (κ1) is 26.9. The zero-order valence-corrected chi connectivity index (χ0v) is 21.3. The van der Waals surface area contributed by atoms with Crippen LogP contribution in [-0.4, -0.2) is 21.3 Å². The molecule has 0 fully saturated rings. The number of halogens is 4. The van der Waals surface area contributed by atoms with Gasteiger partial charge in [0.1, 0.15) is 23.4 Å². The third-order valence-electron chi connectivity index (χ3n) is 5.78. The molecular formula is C27H23ClF3N5O2. The number of hydrazone groups is 1. The number of benzene rings is 1. The Morgan fingerprint density at radius 2 is 1.89 bits per heavy atom. The lowest BCUT2D eigenvalue weighted by Crippen LogP contribution is -2.29. The van der Waals surface area contributed by atoms with Gasteiger partial charge in [-0.05, 0) is 44.2 Å². The maximum atomic E-state index is 13.3. The molecule has 1 aromatic carbocycles. The number of fused-ring (bicyclic) bond motifs is 1. The van der Waals surface area contributed by atoms with Crippen molar-refractivity contribution in [2.45, 2.75) is 33.2 Å². The van der Waals surface area contributed by atoms with E-state index in [9.17, 15) is 18.0 Å². The van der Waals surface area contributed by atoms with Crippen LogP contribution in [0.25, 0.3) is 10.9 Å². The second-order valence-electron chi connectivity index (χ2n) is 8.42. The fourth-order valence-corrected chi connectivity index (χ4v) is 4.38. The van der Waals surface area contributed by atoms with E-state index in [1.54, 1.807) is 25.1 Å². The van der Waals surface area contributed by atoms with Gasteiger partial charge in [-0.25, -0.2) is 9.99 Å². The normalized spacial score (nSPS) is 11.4. The van der Waals surface area contributed by atoms with Gasteiger partial charge in [-0.15, -0.1) is 0 Å². The third kappa shape index (κ3) is 5.40. The number of anilines is 1. The second kappa shape index (κ2) is 10.7. The molecule has 0 radical (unpaired) electrons. The highest BCUT2D eigenvalue weighted by molar-refractivity contribution is 6.31. The number of para-hydroxylation sites is 1. The van der Waals surface area contributed by atoms with Crippen LogP contribution in [0.2, 0.25) is 5.02 Å². The molecule has 0 saturated carbocycles. The molecule has 0 unspecified atom stereocenters. The van der Waals surface area contributed by atoms with Crippen molar-refractivity contribution in [1.82, 2.24) is 14.5 Å². The van der Waals surface area contributed by atoms with E-state index in [0.717, 1.165) is 16.0 Å². The van der Waals surface area contributed by atoms with Gasteiger partial charge in [0.25, 0.3) is 5.56 Å². The van der Waals surface area contributed by atoms with Gasteiger partial charge in [0.2, 0.25) is 0 Å². The summed E-state index contributed by atoms with van der Waals surface area (Å²) in [5.74, 6) is 0.444. The van der Waals surface area contributed by atoms with Crippen molar-refractivity contribution in [1.29, 1.82) is 0 Å². The third-order valence-corrected chi connectivity index (χ3v) is 6.12. The van der Waals surface area contributed by atoms with Crippen molar-refractivity contribution in [3.05, 3.63) is 105 Å². The van der Waals surface area contributed by atoms with Crippen molar-refractivity contribution < 1.29 is 17.9 Å². The summed E-state index contributed by atoms with van der Waals surface area (Å²) in [5.41, 5.74) is 0.845. The minimum absolute atomic E-state index is 0.0654. The van der Waals surface area contributed by atoms with E-state index in [2.05, 4.69) is 28.4 Å². The molecular weight excluding hydrogens is 519 g/mol. The molecule has 0 aliphatic heterocycles. The Balaban J connectivity index is 1.73. The lowest BCUT2D eigenvalue weighted by Gasteiger charge is -2.18. The number of aryl methyl sites for hydroxylation is 2. The lowest BCUT2D eigenvalue weighted by atomic mass is 10.1. The lowest BCUT2D eigenvalue weighted by molar-refractivity contribution is -0.138. The average Bonchev–Trinajstić information content (AvgIpc) is 2.85. The molecule has 0 saturated heterocycles. The van der Waals surface area contributed by atoms with Crippen molar-refractivity contribution >= 4 is 34.9 Å².